The van der Waals surface area contributed by atoms with Crippen molar-refractivity contribution in [3.8, 4) is 0 Å². The SMILES string of the molecule is Cc1ccc(CNS(=O)(=O)c2cc(F)ccc2N)s1. The average molecular weight is 300 g/mol. The Labute approximate surface area is 115 Å². The molecule has 0 aliphatic heterocycles. The second-order valence-electron chi connectivity index (χ2n) is 4.02. The van der Waals surface area contributed by atoms with Crippen LogP contribution in [0.4, 0.5) is 10.1 Å². The number of nitrogens with two attached hydrogens (primary N) is 1. The zero-order valence-electron chi connectivity index (χ0n) is 10.2. The van der Waals surface area contributed by atoms with Crippen LogP contribution in [-0.2, 0) is 16.6 Å². The zero-order chi connectivity index (χ0) is 14.0. The molecule has 3 N–H and O–H groups in total. The van der Waals surface area contributed by atoms with Crippen LogP contribution in [0.25, 0.3) is 0 Å². The van der Waals surface area contributed by atoms with Crippen molar-refractivity contribution in [2.24, 2.45) is 0 Å². The van der Waals surface area contributed by atoms with Crippen LogP contribution >= 0.6 is 11.3 Å². The molecule has 7 heteroatoms. The number of anilines is 1. The lowest BCUT2D eigenvalue weighted by atomic mass is 10.3. The van der Waals surface area contributed by atoms with Gasteiger partial charge in [0.25, 0.3) is 0 Å². The number of hydrogen-bond donors (Lipinski definition) is 2. The van der Waals surface area contributed by atoms with E-state index in [1.165, 1.54) is 17.4 Å². The Bertz CT molecular complexity index is 696. The largest absolute Gasteiger partial charge is 0.398 e. The average Bonchev–Trinajstić information content (AvgIpc) is 2.76. The first-order chi connectivity index (χ1) is 8.88. The third-order valence-electron chi connectivity index (χ3n) is 2.50. The molecule has 0 amide bonds. The summed E-state index contributed by atoms with van der Waals surface area (Å²) in [6.45, 7) is 2.10. The van der Waals surface area contributed by atoms with Crippen LogP contribution in [0.5, 0.6) is 0 Å². The molecule has 4 nitrogen and oxygen atoms in total. The van der Waals surface area contributed by atoms with E-state index >= 15 is 0 Å². The van der Waals surface area contributed by atoms with Crippen molar-refractivity contribution in [2.45, 2.75) is 18.4 Å². The van der Waals surface area contributed by atoms with Crippen LogP contribution in [0.2, 0.25) is 0 Å². The topological polar surface area (TPSA) is 72.2 Å². The smallest absolute Gasteiger partial charge is 0.243 e. The number of hydrogen-bond acceptors (Lipinski definition) is 4. The summed E-state index contributed by atoms with van der Waals surface area (Å²) in [4.78, 5) is 1.75. The number of aryl methyl sites for hydroxylation is 1. The van der Waals surface area contributed by atoms with E-state index in [1.807, 2.05) is 19.1 Å². The molecular formula is C12H13FN2O2S2. The molecule has 0 atom stereocenters. The summed E-state index contributed by atoms with van der Waals surface area (Å²) >= 11 is 1.50. The van der Waals surface area contributed by atoms with E-state index in [0.29, 0.717) is 0 Å². The van der Waals surface area contributed by atoms with Crippen LogP contribution < -0.4 is 10.5 Å². The van der Waals surface area contributed by atoms with Crippen molar-refractivity contribution in [2.75, 3.05) is 5.73 Å². The van der Waals surface area contributed by atoms with Gasteiger partial charge in [-0.05, 0) is 37.3 Å². The number of nitrogen functional groups attached to an aromatic ring is 1. The highest BCUT2D eigenvalue weighted by atomic mass is 32.2. The number of halogens is 1. The van der Waals surface area contributed by atoms with E-state index in [0.717, 1.165) is 21.9 Å². The molecule has 0 aliphatic carbocycles. The van der Waals surface area contributed by atoms with E-state index in [1.54, 1.807) is 0 Å². The molecule has 0 bridgehead atoms. The number of sulfonamides is 1. The molecule has 1 aromatic carbocycles. The Kier molecular flexibility index (Phi) is 3.88. The van der Waals surface area contributed by atoms with Crippen molar-refractivity contribution in [1.29, 1.82) is 0 Å². The monoisotopic (exact) mass is 300 g/mol. The lowest BCUT2D eigenvalue weighted by Gasteiger charge is -2.08. The molecule has 2 rings (SSSR count). The first kappa shape index (κ1) is 14.0. The van der Waals surface area contributed by atoms with Gasteiger partial charge in [-0.1, -0.05) is 0 Å². The summed E-state index contributed by atoms with van der Waals surface area (Å²) in [6.07, 6.45) is 0. The normalized spacial score (nSPS) is 11.7. The zero-order valence-corrected chi connectivity index (χ0v) is 11.8. The third kappa shape index (κ3) is 3.31. The third-order valence-corrected chi connectivity index (χ3v) is 4.96. The molecule has 0 aliphatic rings. The molecule has 0 fully saturated rings. The fourth-order valence-corrected chi connectivity index (χ4v) is 3.63. The predicted octanol–water partition coefficient (Wildman–Crippen LogP) is 2.26. The van der Waals surface area contributed by atoms with Crippen molar-refractivity contribution in [3.05, 3.63) is 45.9 Å². The van der Waals surface area contributed by atoms with Gasteiger partial charge in [0.15, 0.2) is 0 Å². The van der Waals surface area contributed by atoms with Gasteiger partial charge in [0.2, 0.25) is 10.0 Å². The Hall–Kier alpha value is -1.44. The number of thiophene rings is 1. The standard InChI is InChI=1S/C12H13FN2O2S2/c1-8-2-4-10(18-8)7-15-19(16,17)12-6-9(13)3-5-11(12)14/h2-6,15H,7,14H2,1H3. The molecule has 0 radical (unpaired) electrons. The fourth-order valence-electron chi connectivity index (χ4n) is 1.56. The van der Waals surface area contributed by atoms with Gasteiger partial charge in [-0.2, -0.15) is 0 Å². The summed E-state index contributed by atoms with van der Waals surface area (Å²) in [5, 5.41) is 0. The fraction of sp³-hybridized carbons (Fsp3) is 0.167. The molecule has 1 aromatic heterocycles. The Morgan fingerprint density at radius 1 is 1.32 bits per heavy atom. The number of nitrogens with one attached hydrogen (secondary N) is 1. The molecule has 0 saturated carbocycles. The van der Waals surface area contributed by atoms with Gasteiger partial charge >= 0.3 is 0 Å². The molecule has 102 valence electrons. The summed E-state index contributed by atoms with van der Waals surface area (Å²) in [7, 11) is -3.81. The highest BCUT2D eigenvalue weighted by Crippen LogP contribution is 2.20. The van der Waals surface area contributed by atoms with Gasteiger partial charge in [-0.15, -0.1) is 11.3 Å². The van der Waals surface area contributed by atoms with Crippen molar-refractivity contribution in [1.82, 2.24) is 4.72 Å². The summed E-state index contributed by atoms with van der Waals surface area (Å²) in [5.74, 6) is -0.637. The van der Waals surface area contributed by atoms with Crippen LogP contribution in [0, 0.1) is 12.7 Å². The van der Waals surface area contributed by atoms with Crippen LogP contribution in [0.15, 0.2) is 35.2 Å². The Balaban J connectivity index is 2.20. The molecule has 0 saturated heterocycles. The minimum absolute atomic E-state index is 0.0243. The summed E-state index contributed by atoms with van der Waals surface area (Å²) < 4.78 is 39.6. The molecular weight excluding hydrogens is 287 g/mol. The lowest BCUT2D eigenvalue weighted by Crippen LogP contribution is -2.23. The minimum Gasteiger partial charge on any atom is -0.398 e. The second kappa shape index (κ2) is 5.28. The Morgan fingerprint density at radius 2 is 2.05 bits per heavy atom. The second-order valence-corrected chi connectivity index (χ2v) is 7.13. The van der Waals surface area contributed by atoms with E-state index in [-0.39, 0.29) is 17.1 Å². The maximum atomic E-state index is 13.1. The van der Waals surface area contributed by atoms with Gasteiger partial charge in [-0.3, -0.25) is 0 Å². The predicted molar refractivity (Wildman–Crippen MR) is 73.9 cm³/mol. The molecule has 2 aromatic rings. The van der Waals surface area contributed by atoms with Gasteiger partial charge in [0.05, 0.1) is 5.69 Å². The van der Waals surface area contributed by atoms with Gasteiger partial charge in [0.1, 0.15) is 10.7 Å². The molecule has 0 spiro atoms. The van der Waals surface area contributed by atoms with E-state index in [9.17, 15) is 12.8 Å². The van der Waals surface area contributed by atoms with Crippen LogP contribution in [0.1, 0.15) is 9.75 Å². The van der Waals surface area contributed by atoms with E-state index in [4.69, 9.17) is 5.73 Å². The van der Waals surface area contributed by atoms with Crippen LogP contribution in [-0.4, -0.2) is 8.42 Å². The first-order valence-corrected chi connectivity index (χ1v) is 7.78. The summed E-state index contributed by atoms with van der Waals surface area (Å²) in [6, 6.07) is 7.02. The van der Waals surface area contributed by atoms with Crippen molar-refractivity contribution < 1.29 is 12.8 Å². The van der Waals surface area contributed by atoms with Gasteiger partial charge < -0.3 is 5.73 Å². The number of rotatable bonds is 4. The summed E-state index contributed by atoms with van der Waals surface area (Å²) in [5.41, 5.74) is 5.59. The molecule has 0 unspecified atom stereocenters. The lowest BCUT2D eigenvalue weighted by molar-refractivity contribution is 0.578. The van der Waals surface area contributed by atoms with Crippen molar-refractivity contribution in [3.63, 3.8) is 0 Å². The Morgan fingerprint density at radius 3 is 2.68 bits per heavy atom. The maximum absolute atomic E-state index is 13.1. The van der Waals surface area contributed by atoms with Gasteiger partial charge in [-0.25, -0.2) is 17.5 Å². The van der Waals surface area contributed by atoms with E-state index < -0.39 is 15.8 Å². The number of benzene rings is 1. The highest BCUT2D eigenvalue weighted by Gasteiger charge is 2.18. The minimum atomic E-state index is -3.81. The van der Waals surface area contributed by atoms with Crippen molar-refractivity contribution >= 4 is 27.0 Å². The van der Waals surface area contributed by atoms with E-state index in [2.05, 4.69) is 4.72 Å². The molecule has 1 heterocycles. The quantitative estimate of drug-likeness (QED) is 0.851. The van der Waals surface area contributed by atoms with Gasteiger partial charge in [0, 0.05) is 16.3 Å². The highest BCUT2D eigenvalue weighted by molar-refractivity contribution is 7.89. The molecule has 19 heavy (non-hydrogen) atoms. The first-order valence-electron chi connectivity index (χ1n) is 5.48. The van der Waals surface area contributed by atoms with Crippen LogP contribution in [0.3, 0.4) is 0 Å². The maximum Gasteiger partial charge on any atom is 0.243 e.